The Morgan fingerprint density at radius 3 is 2.78 bits per heavy atom. The normalized spacial score (nSPS) is 20.3. The topological polar surface area (TPSA) is 94.8 Å². The van der Waals surface area contributed by atoms with Crippen LogP contribution in [-0.2, 0) is 0 Å². The number of carbonyl (C=O) groups is 1. The fourth-order valence-electron chi connectivity index (χ4n) is 3.86. The van der Waals surface area contributed by atoms with Crippen LogP contribution in [0.1, 0.15) is 34.8 Å². The molecule has 2 fully saturated rings. The van der Waals surface area contributed by atoms with Crippen molar-refractivity contribution < 1.29 is 19.4 Å². The molecule has 0 amide bonds. The largest absolute Gasteiger partial charge is 0.477 e. The number of carboxylic acids is 1. The third kappa shape index (κ3) is 2.98. The minimum Gasteiger partial charge on any atom is -0.477 e. The molecule has 27 heavy (non-hydrogen) atoms. The van der Waals surface area contributed by atoms with Gasteiger partial charge >= 0.3 is 5.97 Å². The maximum atomic E-state index is 15.2. The van der Waals surface area contributed by atoms with E-state index in [1.54, 1.807) is 6.07 Å². The summed E-state index contributed by atoms with van der Waals surface area (Å²) < 4.78 is 17.0. The summed E-state index contributed by atoms with van der Waals surface area (Å²) in [5.74, 6) is -1.81. The van der Waals surface area contributed by atoms with Crippen molar-refractivity contribution in [2.45, 2.75) is 31.8 Å². The van der Waals surface area contributed by atoms with Crippen LogP contribution in [0.25, 0.3) is 10.9 Å². The summed E-state index contributed by atoms with van der Waals surface area (Å²) in [5.41, 5.74) is 0.152. The summed E-state index contributed by atoms with van der Waals surface area (Å²) in [6.45, 7) is 3.14. The SMILES string of the molecule is Cc1c(F)c(N2CCNC(CO)C2)cc2c1c(=O)c(C(=O)O)cn2C1CC1. The Morgan fingerprint density at radius 2 is 2.15 bits per heavy atom. The number of hydrogen-bond acceptors (Lipinski definition) is 5. The van der Waals surface area contributed by atoms with Gasteiger partial charge in [0.2, 0.25) is 5.43 Å². The second-order valence-electron chi connectivity index (χ2n) is 7.32. The van der Waals surface area contributed by atoms with E-state index in [-0.39, 0.29) is 35.2 Å². The van der Waals surface area contributed by atoms with Crippen LogP contribution in [0.3, 0.4) is 0 Å². The second kappa shape index (κ2) is 6.61. The summed E-state index contributed by atoms with van der Waals surface area (Å²) in [4.78, 5) is 26.1. The molecule has 0 radical (unpaired) electrons. The van der Waals surface area contributed by atoms with Gasteiger partial charge in [-0.1, -0.05) is 0 Å². The van der Waals surface area contributed by atoms with E-state index in [2.05, 4.69) is 5.32 Å². The summed E-state index contributed by atoms with van der Waals surface area (Å²) in [5, 5.41) is 22.1. The summed E-state index contributed by atoms with van der Waals surface area (Å²) in [6, 6.07) is 1.65. The molecule has 3 N–H and O–H groups in total. The Hall–Kier alpha value is -2.45. The van der Waals surface area contributed by atoms with Gasteiger partial charge in [-0.2, -0.15) is 0 Å². The Labute approximate surface area is 155 Å². The maximum absolute atomic E-state index is 15.2. The summed E-state index contributed by atoms with van der Waals surface area (Å²) in [7, 11) is 0. The molecular weight excluding hydrogens is 353 g/mol. The number of hydrogen-bond donors (Lipinski definition) is 3. The number of aromatic nitrogens is 1. The van der Waals surface area contributed by atoms with Crippen molar-refractivity contribution in [3.8, 4) is 0 Å². The van der Waals surface area contributed by atoms with Gasteiger partial charge in [0.15, 0.2) is 0 Å². The second-order valence-corrected chi connectivity index (χ2v) is 7.32. The van der Waals surface area contributed by atoms with Crippen LogP contribution in [0.5, 0.6) is 0 Å². The Balaban J connectivity index is 1.95. The van der Waals surface area contributed by atoms with Gasteiger partial charge in [0.25, 0.3) is 0 Å². The fraction of sp³-hybridized carbons (Fsp3) is 0.474. The highest BCUT2D eigenvalue weighted by Gasteiger charge is 2.30. The number of pyridine rings is 1. The summed E-state index contributed by atoms with van der Waals surface area (Å²) >= 11 is 0. The third-order valence-corrected chi connectivity index (χ3v) is 5.46. The number of aliphatic hydroxyl groups excluding tert-OH is 1. The van der Waals surface area contributed by atoms with Crippen LogP contribution in [0.2, 0.25) is 0 Å². The molecule has 144 valence electrons. The molecule has 1 aromatic heterocycles. The standard InChI is InChI=1S/C19H22FN3O4/c1-10-16-14(23(12-2-3-12)8-13(18(16)25)19(26)27)6-15(17(10)20)22-5-4-21-11(7-22)9-24/h6,8,11-12,21,24H,2-5,7,9H2,1H3,(H,26,27). The summed E-state index contributed by atoms with van der Waals surface area (Å²) in [6.07, 6.45) is 3.20. The number of benzene rings is 1. The van der Waals surface area contributed by atoms with E-state index in [0.29, 0.717) is 30.8 Å². The number of carboxylic acid groups (broad SMARTS) is 1. The highest BCUT2D eigenvalue weighted by atomic mass is 19.1. The van der Waals surface area contributed by atoms with Crippen molar-refractivity contribution in [2.24, 2.45) is 0 Å². The molecule has 7 nitrogen and oxygen atoms in total. The minimum atomic E-state index is -1.30. The van der Waals surface area contributed by atoms with Crippen molar-refractivity contribution in [2.75, 3.05) is 31.1 Å². The van der Waals surface area contributed by atoms with Crippen LogP contribution in [0.15, 0.2) is 17.1 Å². The van der Waals surface area contributed by atoms with E-state index in [9.17, 15) is 19.8 Å². The number of fused-ring (bicyclic) bond motifs is 1. The van der Waals surface area contributed by atoms with Gasteiger partial charge < -0.3 is 25.0 Å². The molecule has 2 aliphatic rings. The van der Waals surface area contributed by atoms with E-state index in [1.165, 1.54) is 13.1 Å². The maximum Gasteiger partial charge on any atom is 0.341 e. The quantitative estimate of drug-likeness (QED) is 0.745. The lowest BCUT2D eigenvalue weighted by molar-refractivity contribution is 0.0695. The first-order valence-electron chi connectivity index (χ1n) is 9.12. The number of aromatic carboxylic acids is 1. The average Bonchev–Trinajstić information content (AvgIpc) is 3.49. The third-order valence-electron chi connectivity index (χ3n) is 5.46. The van der Waals surface area contributed by atoms with Gasteiger partial charge in [-0.25, -0.2) is 9.18 Å². The average molecular weight is 375 g/mol. The monoisotopic (exact) mass is 375 g/mol. The lowest BCUT2D eigenvalue weighted by Crippen LogP contribution is -2.52. The number of nitrogens with zero attached hydrogens (tertiary/aromatic N) is 2. The van der Waals surface area contributed by atoms with Gasteiger partial charge in [-0.05, 0) is 25.8 Å². The van der Waals surface area contributed by atoms with Crippen molar-refractivity contribution in [1.82, 2.24) is 9.88 Å². The van der Waals surface area contributed by atoms with E-state index >= 15 is 4.39 Å². The van der Waals surface area contributed by atoms with Crippen LogP contribution in [0, 0.1) is 12.7 Å². The number of rotatable bonds is 4. The molecule has 1 aliphatic carbocycles. The van der Waals surface area contributed by atoms with Gasteiger partial charge in [-0.3, -0.25) is 4.79 Å². The molecular formula is C19H22FN3O4. The molecule has 1 saturated carbocycles. The lowest BCUT2D eigenvalue weighted by atomic mass is 10.0. The predicted octanol–water partition coefficient (Wildman–Crippen LogP) is 1.25. The molecule has 1 aromatic carbocycles. The van der Waals surface area contributed by atoms with E-state index in [0.717, 1.165) is 12.8 Å². The zero-order valence-corrected chi connectivity index (χ0v) is 15.0. The zero-order valence-electron chi connectivity index (χ0n) is 15.0. The molecule has 1 aliphatic heterocycles. The van der Waals surface area contributed by atoms with Crippen LogP contribution in [0.4, 0.5) is 10.1 Å². The molecule has 2 heterocycles. The van der Waals surface area contributed by atoms with Crippen LogP contribution >= 0.6 is 0 Å². The molecule has 1 atom stereocenters. The molecule has 1 unspecified atom stereocenters. The number of piperazine rings is 1. The number of nitrogens with one attached hydrogen (secondary N) is 1. The molecule has 0 spiro atoms. The molecule has 2 aromatic rings. The highest BCUT2D eigenvalue weighted by Crippen LogP contribution is 2.39. The van der Waals surface area contributed by atoms with E-state index in [4.69, 9.17) is 0 Å². The van der Waals surface area contributed by atoms with Crippen molar-refractivity contribution in [1.29, 1.82) is 0 Å². The Kier molecular flexibility index (Phi) is 4.39. The smallest absolute Gasteiger partial charge is 0.341 e. The molecule has 0 bridgehead atoms. The predicted molar refractivity (Wildman–Crippen MR) is 99.2 cm³/mol. The Bertz CT molecular complexity index is 983. The fourth-order valence-corrected chi connectivity index (χ4v) is 3.86. The van der Waals surface area contributed by atoms with Gasteiger partial charge in [0, 0.05) is 43.5 Å². The molecule has 1 saturated heterocycles. The number of aryl methyl sites for hydroxylation is 1. The number of halogens is 1. The minimum absolute atomic E-state index is 0.0422. The number of aliphatic hydroxyl groups is 1. The van der Waals surface area contributed by atoms with Crippen molar-refractivity contribution >= 4 is 22.6 Å². The zero-order chi connectivity index (χ0) is 19.3. The van der Waals surface area contributed by atoms with Gasteiger partial charge in [-0.15, -0.1) is 0 Å². The van der Waals surface area contributed by atoms with Crippen molar-refractivity contribution in [3.63, 3.8) is 0 Å². The van der Waals surface area contributed by atoms with E-state index < -0.39 is 17.2 Å². The Morgan fingerprint density at radius 1 is 1.41 bits per heavy atom. The van der Waals surface area contributed by atoms with Crippen LogP contribution in [-0.4, -0.2) is 53.0 Å². The molecule has 4 rings (SSSR count). The first-order chi connectivity index (χ1) is 12.9. The van der Waals surface area contributed by atoms with Crippen LogP contribution < -0.4 is 15.6 Å². The van der Waals surface area contributed by atoms with E-state index in [1.807, 2.05) is 9.47 Å². The molecule has 8 heteroatoms. The first kappa shape index (κ1) is 17.9. The lowest BCUT2D eigenvalue weighted by Gasteiger charge is -2.35. The highest BCUT2D eigenvalue weighted by molar-refractivity contribution is 5.95. The van der Waals surface area contributed by atoms with Gasteiger partial charge in [0.1, 0.15) is 11.4 Å². The number of anilines is 1. The van der Waals surface area contributed by atoms with Gasteiger partial charge in [0.05, 0.1) is 23.2 Å². The first-order valence-corrected chi connectivity index (χ1v) is 9.12. The van der Waals surface area contributed by atoms with Crippen molar-refractivity contribution in [3.05, 3.63) is 39.4 Å².